The first-order chi connectivity index (χ1) is 6.99. The van der Waals surface area contributed by atoms with Crippen LogP contribution in [0.3, 0.4) is 0 Å². The fraction of sp³-hybridized carbons (Fsp3) is 1.00. The molecule has 0 aromatic rings. The van der Waals surface area contributed by atoms with E-state index in [0.717, 1.165) is 25.7 Å². The molecular formula is C11H18F3N. The van der Waals surface area contributed by atoms with Crippen molar-refractivity contribution in [3.8, 4) is 0 Å². The molecule has 2 bridgehead atoms. The van der Waals surface area contributed by atoms with Gasteiger partial charge >= 0.3 is 6.18 Å². The van der Waals surface area contributed by atoms with Gasteiger partial charge in [0.15, 0.2) is 0 Å². The van der Waals surface area contributed by atoms with Crippen molar-refractivity contribution in [3.05, 3.63) is 0 Å². The zero-order chi connectivity index (χ0) is 11.1. The molecule has 2 fully saturated rings. The first kappa shape index (κ1) is 11.2. The van der Waals surface area contributed by atoms with Gasteiger partial charge in [0.25, 0.3) is 0 Å². The molecule has 2 aliphatic rings. The quantitative estimate of drug-likeness (QED) is 0.772. The number of fused-ring (bicyclic) bond motifs is 2. The second-order valence-corrected chi connectivity index (χ2v) is 4.98. The normalized spacial score (nSPS) is 40.0. The highest BCUT2D eigenvalue weighted by molar-refractivity contribution is 5.10. The minimum absolute atomic E-state index is 0.172. The summed E-state index contributed by atoms with van der Waals surface area (Å²) in [4.78, 5) is 0. The summed E-state index contributed by atoms with van der Waals surface area (Å²) in [5.41, 5.74) is -1.55. The Morgan fingerprint density at radius 1 is 1.33 bits per heavy atom. The standard InChI is InChI=1S/C11H18F3N/c1-2-5-15-10(11(12,13)14)7-8-3-4-9(10)6-8/h8-9,15H,2-7H2,1H3. The molecule has 0 aromatic carbocycles. The van der Waals surface area contributed by atoms with Gasteiger partial charge in [0.1, 0.15) is 5.54 Å². The fourth-order valence-electron chi connectivity index (χ4n) is 3.34. The van der Waals surface area contributed by atoms with E-state index in [2.05, 4.69) is 5.32 Å². The van der Waals surface area contributed by atoms with Gasteiger partial charge in [-0.05, 0) is 44.1 Å². The van der Waals surface area contributed by atoms with E-state index in [0.29, 0.717) is 18.9 Å². The molecule has 2 rings (SSSR count). The van der Waals surface area contributed by atoms with E-state index in [1.165, 1.54) is 0 Å². The molecule has 15 heavy (non-hydrogen) atoms. The van der Waals surface area contributed by atoms with Crippen LogP contribution in [0.15, 0.2) is 0 Å². The minimum atomic E-state index is -4.08. The first-order valence-corrected chi connectivity index (χ1v) is 5.81. The molecule has 4 heteroatoms. The summed E-state index contributed by atoms with van der Waals surface area (Å²) in [5, 5.41) is 2.79. The van der Waals surface area contributed by atoms with Gasteiger partial charge in [-0.25, -0.2) is 0 Å². The van der Waals surface area contributed by atoms with Gasteiger partial charge < -0.3 is 5.32 Å². The third kappa shape index (κ3) is 1.67. The second kappa shape index (κ2) is 3.65. The number of halogens is 3. The number of hydrogen-bond donors (Lipinski definition) is 1. The monoisotopic (exact) mass is 221 g/mol. The van der Waals surface area contributed by atoms with Crippen molar-refractivity contribution < 1.29 is 13.2 Å². The summed E-state index contributed by atoms with van der Waals surface area (Å²) in [7, 11) is 0. The second-order valence-electron chi connectivity index (χ2n) is 4.98. The Kier molecular flexibility index (Phi) is 2.73. The Balaban J connectivity index is 2.17. The molecule has 3 atom stereocenters. The van der Waals surface area contributed by atoms with Crippen molar-refractivity contribution in [2.24, 2.45) is 11.8 Å². The number of rotatable bonds is 3. The highest BCUT2D eigenvalue weighted by Gasteiger charge is 2.64. The van der Waals surface area contributed by atoms with Crippen molar-refractivity contribution in [1.82, 2.24) is 5.32 Å². The Morgan fingerprint density at radius 3 is 2.47 bits per heavy atom. The first-order valence-electron chi connectivity index (χ1n) is 5.81. The number of alkyl halides is 3. The zero-order valence-corrected chi connectivity index (χ0v) is 9.03. The lowest BCUT2D eigenvalue weighted by molar-refractivity contribution is -0.211. The lowest BCUT2D eigenvalue weighted by Gasteiger charge is -2.40. The summed E-state index contributed by atoms with van der Waals surface area (Å²) in [6.07, 6.45) is -0.494. The van der Waals surface area contributed by atoms with Gasteiger partial charge in [-0.15, -0.1) is 0 Å². The third-order valence-corrected chi connectivity index (χ3v) is 4.05. The summed E-state index contributed by atoms with van der Waals surface area (Å²) in [6, 6.07) is 0. The van der Waals surface area contributed by atoms with Gasteiger partial charge in [0.05, 0.1) is 0 Å². The molecular weight excluding hydrogens is 203 g/mol. The maximum absolute atomic E-state index is 13.1. The van der Waals surface area contributed by atoms with E-state index >= 15 is 0 Å². The number of nitrogens with one attached hydrogen (secondary N) is 1. The van der Waals surface area contributed by atoms with Crippen LogP contribution in [-0.4, -0.2) is 18.3 Å². The van der Waals surface area contributed by atoms with E-state index in [1.54, 1.807) is 0 Å². The van der Waals surface area contributed by atoms with Crippen molar-refractivity contribution in [3.63, 3.8) is 0 Å². The molecule has 2 aliphatic carbocycles. The van der Waals surface area contributed by atoms with E-state index < -0.39 is 11.7 Å². The maximum Gasteiger partial charge on any atom is 0.406 e. The maximum atomic E-state index is 13.1. The summed E-state index contributed by atoms with van der Waals surface area (Å²) in [5.74, 6) is 0.134. The molecule has 88 valence electrons. The third-order valence-electron chi connectivity index (χ3n) is 4.05. The van der Waals surface area contributed by atoms with Gasteiger partial charge in [-0.3, -0.25) is 0 Å². The van der Waals surface area contributed by atoms with Crippen LogP contribution in [0.4, 0.5) is 13.2 Å². The van der Waals surface area contributed by atoms with E-state index in [4.69, 9.17) is 0 Å². The van der Waals surface area contributed by atoms with Crippen molar-refractivity contribution in [2.75, 3.05) is 6.54 Å². The average molecular weight is 221 g/mol. The molecule has 0 spiro atoms. The van der Waals surface area contributed by atoms with Crippen LogP contribution < -0.4 is 5.32 Å². The zero-order valence-electron chi connectivity index (χ0n) is 9.03. The molecule has 0 saturated heterocycles. The Labute approximate surface area is 88.4 Å². The van der Waals surface area contributed by atoms with Crippen LogP contribution in [0.2, 0.25) is 0 Å². The highest BCUT2D eigenvalue weighted by Crippen LogP contribution is 2.56. The molecule has 1 nitrogen and oxygen atoms in total. The molecule has 0 radical (unpaired) electrons. The smallest absolute Gasteiger partial charge is 0.303 e. The predicted molar refractivity (Wildman–Crippen MR) is 52.5 cm³/mol. The van der Waals surface area contributed by atoms with Crippen LogP contribution in [0.5, 0.6) is 0 Å². The SMILES string of the molecule is CCCNC1(C(F)(F)F)CC2CCC1C2. The van der Waals surface area contributed by atoms with Crippen molar-refractivity contribution >= 4 is 0 Å². The molecule has 3 unspecified atom stereocenters. The summed E-state index contributed by atoms with van der Waals surface area (Å²) < 4.78 is 39.4. The van der Waals surface area contributed by atoms with Crippen LogP contribution >= 0.6 is 0 Å². The molecule has 1 N–H and O–H groups in total. The Morgan fingerprint density at radius 2 is 2.07 bits per heavy atom. The van der Waals surface area contributed by atoms with Gasteiger partial charge in [0, 0.05) is 0 Å². The molecule has 0 heterocycles. The largest absolute Gasteiger partial charge is 0.406 e. The molecule has 2 saturated carbocycles. The molecule has 0 aliphatic heterocycles. The van der Waals surface area contributed by atoms with E-state index in [9.17, 15) is 13.2 Å². The highest BCUT2D eigenvalue weighted by atomic mass is 19.4. The van der Waals surface area contributed by atoms with Crippen molar-refractivity contribution in [1.29, 1.82) is 0 Å². The summed E-state index contributed by atoms with van der Waals surface area (Å²) in [6.45, 7) is 2.38. The lowest BCUT2D eigenvalue weighted by atomic mass is 9.80. The molecule has 0 amide bonds. The van der Waals surface area contributed by atoms with Crippen LogP contribution in [0, 0.1) is 11.8 Å². The average Bonchev–Trinajstić information content (AvgIpc) is 2.72. The number of hydrogen-bond acceptors (Lipinski definition) is 1. The van der Waals surface area contributed by atoms with Gasteiger partial charge in [-0.1, -0.05) is 13.3 Å². The minimum Gasteiger partial charge on any atom is -0.303 e. The lowest BCUT2D eigenvalue weighted by Crippen LogP contribution is -2.60. The van der Waals surface area contributed by atoms with Gasteiger partial charge in [0.2, 0.25) is 0 Å². The van der Waals surface area contributed by atoms with Crippen LogP contribution in [-0.2, 0) is 0 Å². The van der Waals surface area contributed by atoms with Crippen molar-refractivity contribution in [2.45, 2.75) is 50.7 Å². The fourth-order valence-corrected chi connectivity index (χ4v) is 3.34. The van der Waals surface area contributed by atoms with Crippen LogP contribution in [0.1, 0.15) is 39.0 Å². The Bertz CT molecular complexity index is 238. The topological polar surface area (TPSA) is 12.0 Å². The Hall–Kier alpha value is -0.250. The van der Waals surface area contributed by atoms with E-state index in [-0.39, 0.29) is 5.92 Å². The predicted octanol–water partition coefficient (Wildman–Crippen LogP) is 3.11. The van der Waals surface area contributed by atoms with Gasteiger partial charge in [-0.2, -0.15) is 13.2 Å². The van der Waals surface area contributed by atoms with E-state index in [1.807, 2.05) is 6.92 Å². The van der Waals surface area contributed by atoms with Crippen LogP contribution in [0.25, 0.3) is 0 Å². The summed E-state index contributed by atoms with van der Waals surface area (Å²) >= 11 is 0. The molecule has 0 aromatic heterocycles.